The molecule has 0 saturated heterocycles. The zero-order valence-corrected chi connectivity index (χ0v) is 14.4. The second-order valence-electron chi connectivity index (χ2n) is 5.46. The summed E-state index contributed by atoms with van der Waals surface area (Å²) in [6.45, 7) is 2.03. The molecular formula is C23H18O3. The van der Waals surface area contributed by atoms with Crippen LogP contribution in [0.1, 0.15) is 12.5 Å². The van der Waals surface area contributed by atoms with E-state index in [1.165, 1.54) is 6.26 Å². The molecule has 0 saturated carbocycles. The van der Waals surface area contributed by atoms with Gasteiger partial charge in [0.15, 0.2) is 0 Å². The Morgan fingerprint density at radius 3 is 2.50 bits per heavy atom. The van der Waals surface area contributed by atoms with Crippen LogP contribution in [-0.2, 0) is 9.53 Å². The molecule has 0 aliphatic carbocycles. The molecule has 0 aromatic heterocycles. The highest BCUT2D eigenvalue weighted by molar-refractivity contribution is 5.94. The van der Waals surface area contributed by atoms with Crippen molar-refractivity contribution in [2.24, 2.45) is 0 Å². The van der Waals surface area contributed by atoms with Gasteiger partial charge < -0.3 is 9.47 Å². The molecule has 0 atom stereocenters. The molecular weight excluding hydrogens is 324 g/mol. The van der Waals surface area contributed by atoms with Gasteiger partial charge in [-0.3, -0.25) is 0 Å². The van der Waals surface area contributed by atoms with E-state index in [-0.39, 0.29) is 12.2 Å². The van der Waals surface area contributed by atoms with Gasteiger partial charge in [-0.25, -0.2) is 4.79 Å². The first-order valence-corrected chi connectivity index (χ1v) is 8.36. The minimum absolute atomic E-state index is 0.170. The van der Waals surface area contributed by atoms with Crippen molar-refractivity contribution < 1.29 is 14.3 Å². The third-order valence-corrected chi connectivity index (χ3v) is 3.67. The van der Waals surface area contributed by atoms with E-state index in [1.54, 1.807) is 19.1 Å². The third kappa shape index (κ3) is 4.31. The molecule has 128 valence electrons. The van der Waals surface area contributed by atoms with E-state index in [1.807, 2.05) is 60.7 Å². The lowest BCUT2D eigenvalue weighted by atomic mass is 10.0. The summed E-state index contributed by atoms with van der Waals surface area (Å²) in [5, 5.41) is 2.14. The predicted octanol–water partition coefficient (Wildman–Crippen LogP) is 4.72. The first-order chi connectivity index (χ1) is 12.8. The van der Waals surface area contributed by atoms with E-state index in [9.17, 15) is 4.79 Å². The summed E-state index contributed by atoms with van der Waals surface area (Å²) in [4.78, 5) is 12.2. The number of benzene rings is 3. The standard InChI is InChI=1S/C23H18O3/c1-2-25-23(24)20(17-26-21-12-4-3-5-13-21)16-15-19-11-8-10-18-9-6-7-14-22(18)19/h3-14,17H,2H2,1H3. The van der Waals surface area contributed by atoms with Crippen molar-refractivity contribution in [3.8, 4) is 17.6 Å². The van der Waals surface area contributed by atoms with Crippen molar-refractivity contribution in [3.05, 3.63) is 90.2 Å². The van der Waals surface area contributed by atoms with Crippen LogP contribution < -0.4 is 4.74 Å². The first-order valence-electron chi connectivity index (χ1n) is 8.36. The molecule has 0 N–H and O–H groups in total. The van der Waals surface area contributed by atoms with E-state index in [0.29, 0.717) is 5.75 Å². The maximum atomic E-state index is 12.2. The van der Waals surface area contributed by atoms with Crippen LogP contribution in [-0.4, -0.2) is 12.6 Å². The SMILES string of the molecule is CCOC(=O)C(C#Cc1cccc2ccccc12)=COc1ccccc1. The van der Waals surface area contributed by atoms with Crippen molar-refractivity contribution >= 4 is 16.7 Å². The molecule has 3 nitrogen and oxygen atoms in total. The molecule has 0 aliphatic rings. The van der Waals surface area contributed by atoms with Gasteiger partial charge in [-0.15, -0.1) is 0 Å². The molecule has 0 amide bonds. The minimum atomic E-state index is -0.504. The summed E-state index contributed by atoms with van der Waals surface area (Å²) in [7, 11) is 0. The van der Waals surface area contributed by atoms with Gasteiger partial charge in [0.05, 0.1) is 6.61 Å². The van der Waals surface area contributed by atoms with E-state index < -0.39 is 5.97 Å². The lowest BCUT2D eigenvalue weighted by Crippen LogP contribution is -2.07. The van der Waals surface area contributed by atoms with Gasteiger partial charge in [-0.05, 0) is 35.9 Å². The summed E-state index contributed by atoms with van der Waals surface area (Å²) >= 11 is 0. The van der Waals surface area contributed by atoms with Crippen LogP contribution in [0.2, 0.25) is 0 Å². The lowest BCUT2D eigenvalue weighted by Gasteiger charge is -2.03. The molecule has 3 heteroatoms. The zero-order valence-electron chi connectivity index (χ0n) is 14.4. The Balaban J connectivity index is 1.93. The number of carbonyl (C=O) groups is 1. The van der Waals surface area contributed by atoms with Crippen molar-refractivity contribution in [3.63, 3.8) is 0 Å². The average Bonchev–Trinajstić information content (AvgIpc) is 2.69. The normalized spacial score (nSPS) is 10.7. The molecule has 0 bridgehead atoms. The quantitative estimate of drug-likeness (QED) is 0.298. The van der Waals surface area contributed by atoms with Gasteiger partial charge in [-0.1, -0.05) is 66.4 Å². The largest absolute Gasteiger partial charge is 0.463 e. The van der Waals surface area contributed by atoms with Gasteiger partial charge in [-0.2, -0.15) is 0 Å². The lowest BCUT2D eigenvalue weighted by molar-refractivity contribution is -0.138. The van der Waals surface area contributed by atoms with Crippen molar-refractivity contribution in [2.75, 3.05) is 6.61 Å². The Morgan fingerprint density at radius 1 is 0.962 bits per heavy atom. The number of rotatable bonds is 4. The number of hydrogen-bond donors (Lipinski definition) is 0. The Bertz CT molecular complexity index is 987. The number of para-hydroxylation sites is 1. The molecule has 0 aliphatic heterocycles. The van der Waals surface area contributed by atoms with Crippen LogP contribution in [0.15, 0.2) is 84.6 Å². The highest BCUT2D eigenvalue weighted by atomic mass is 16.5. The molecule has 0 heterocycles. The molecule has 3 rings (SSSR count). The van der Waals surface area contributed by atoms with Gasteiger partial charge in [0.25, 0.3) is 0 Å². The monoisotopic (exact) mass is 342 g/mol. The minimum Gasteiger partial charge on any atom is -0.463 e. The number of carbonyl (C=O) groups excluding carboxylic acids is 1. The summed E-state index contributed by atoms with van der Waals surface area (Å²) in [6, 6.07) is 23.1. The van der Waals surface area contributed by atoms with Crippen molar-refractivity contribution in [1.82, 2.24) is 0 Å². The highest BCUT2D eigenvalue weighted by Gasteiger charge is 2.09. The smallest absolute Gasteiger partial charge is 0.349 e. The highest BCUT2D eigenvalue weighted by Crippen LogP contribution is 2.17. The zero-order chi connectivity index (χ0) is 18.2. The van der Waals surface area contributed by atoms with Crippen LogP contribution in [0.25, 0.3) is 10.8 Å². The van der Waals surface area contributed by atoms with E-state index in [4.69, 9.17) is 9.47 Å². The molecule has 0 fully saturated rings. The second-order valence-corrected chi connectivity index (χ2v) is 5.46. The van der Waals surface area contributed by atoms with Crippen molar-refractivity contribution in [2.45, 2.75) is 6.92 Å². The van der Waals surface area contributed by atoms with Gasteiger partial charge in [0, 0.05) is 5.56 Å². The molecule has 0 radical (unpaired) electrons. The summed E-state index contributed by atoms with van der Waals surface area (Å²) in [6.07, 6.45) is 1.34. The number of fused-ring (bicyclic) bond motifs is 1. The van der Waals surface area contributed by atoms with Crippen LogP contribution in [0.4, 0.5) is 0 Å². The molecule has 3 aromatic rings. The summed E-state index contributed by atoms with van der Waals surface area (Å²) in [5.41, 5.74) is 1.02. The second kappa shape index (κ2) is 8.55. The Morgan fingerprint density at radius 2 is 1.69 bits per heavy atom. The number of hydrogen-bond acceptors (Lipinski definition) is 3. The summed E-state index contributed by atoms with van der Waals surface area (Å²) < 4.78 is 10.6. The maximum Gasteiger partial charge on any atom is 0.349 e. The third-order valence-electron chi connectivity index (χ3n) is 3.67. The van der Waals surface area contributed by atoms with Crippen LogP contribution in [0, 0.1) is 11.8 Å². The van der Waals surface area contributed by atoms with Gasteiger partial charge in [0.2, 0.25) is 0 Å². The van der Waals surface area contributed by atoms with Crippen molar-refractivity contribution in [1.29, 1.82) is 0 Å². The average molecular weight is 342 g/mol. The van der Waals surface area contributed by atoms with E-state index in [2.05, 4.69) is 11.8 Å². The topological polar surface area (TPSA) is 35.5 Å². The van der Waals surface area contributed by atoms with E-state index >= 15 is 0 Å². The van der Waals surface area contributed by atoms with E-state index in [0.717, 1.165) is 16.3 Å². The van der Waals surface area contributed by atoms with Crippen LogP contribution >= 0.6 is 0 Å². The molecule has 0 unspecified atom stereocenters. The maximum absolute atomic E-state index is 12.2. The molecule has 26 heavy (non-hydrogen) atoms. The fourth-order valence-corrected chi connectivity index (χ4v) is 2.43. The Hall–Kier alpha value is -3.51. The Kier molecular flexibility index (Phi) is 5.69. The fourth-order valence-electron chi connectivity index (χ4n) is 2.43. The molecule has 3 aromatic carbocycles. The Labute approximate surface area is 152 Å². The number of ether oxygens (including phenoxy) is 2. The van der Waals surface area contributed by atoms with Gasteiger partial charge in [0.1, 0.15) is 17.6 Å². The van der Waals surface area contributed by atoms with Crippen LogP contribution in [0.3, 0.4) is 0 Å². The molecule has 0 spiro atoms. The van der Waals surface area contributed by atoms with Crippen LogP contribution in [0.5, 0.6) is 5.75 Å². The first kappa shape index (κ1) is 17.3. The fraction of sp³-hybridized carbons (Fsp3) is 0.0870. The number of esters is 1. The predicted molar refractivity (Wildman–Crippen MR) is 103 cm³/mol. The van der Waals surface area contributed by atoms with Gasteiger partial charge >= 0.3 is 5.97 Å². The summed E-state index contributed by atoms with van der Waals surface area (Å²) in [5.74, 6) is 6.08.